The Balaban J connectivity index is 1.79. The van der Waals surface area contributed by atoms with Gasteiger partial charge in [-0.25, -0.2) is 4.98 Å². The maximum absolute atomic E-state index is 12.9. The summed E-state index contributed by atoms with van der Waals surface area (Å²) in [5.74, 6) is -0.936. The Morgan fingerprint density at radius 3 is 2.59 bits per heavy atom. The highest BCUT2D eigenvalue weighted by Gasteiger charge is 2.48. The molecule has 1 saturated heterocycles. The van der Waals surface area contributed by atoms with E-state index in [9.17, 15) is 14.7 Å². The maximum Gasteiger partial charge on any atom is 0.301 e. The van der Waals surface area contributed by atoms with Crippen molar-refractivity contribution in [1.29, 1.82) is 0 Å². The molecule has 3 heterocycles. The molecule has 0 saturated carbocycles. The van der Waals surface area contributed by atoms with E-state index in [1.165, 1.54) is 27.6 Å². The van der Waals surface area contributed by atoms with E-state index in [2.05, 4.69) is 4.98 Å². The molecule has 8 heteroatoms. The number of carbonyl (C=O) groups excluding carboxylic acids is 2. The van der Waals surface area contributed by atoms with Gasteiger partial charge in [0, 0.05) is 22.0 Å². The van der Waals surface area contributed by atoms with Crippen molar-refractivity contribution < 1.29 is 19.4 Å². The van der Waals surface area contributed by atoms with E-state index in [1.54, 1.807) is 35.8 Å². The highest BCUT2D eigenvalue weighted by molar-refractivity contribution is 7.14. The summed E-state index contributed by atoms with van der Waals surface area (Å²) in [5.41, 5.74) is 0.516. The molecular formula is C21H18N2O4S2. The van der Waals surface area contributed by atoms with Gasteiger partial charge in [-0.1, -0.05) is 13.0 Å². The lowest BCUT2D eigenvalue weighted by Crippen LogP contribution is -2.28. The predicted octanol–water partition coefficient (Wildman–Crippen LogP) is 4.62. The van der Waals surface area contributed by atoms with Crippen molar-refractivity contribution in [2.45, 2.75) is 19.4 Å². The molecule has 2 aromatic heterocycles. The number of aromatic nitrogens is 1. The van der Waals surface area contributed by atoms with E-state index in [0.717, 1.165) is 11.3 Å². The lowest BCUT2D eigenvalue weighted by molar-refractivity contribution is -0.132. The molecule has 3 aromatic rings. The van der Waals surface area contributed by atoms with Crippen LogP contribution in [0.5, 0.6) is 5.75 Å². The van der Waals surface area contributed by atoms with Crippen molar-refractivity contribution in [1.82, 2.24) is 4.98 Å². The number of Topliss-reactive ketones (excluding diaryl/α,β-unsaturated/α-hetero) is 1. The number of hydrogen-bond acceptors (Lipinski definition) is 7. The van der Waals surface area contributed by atoms with Crippen LogP contribution < -0.4 is 9.64 Å². The SMILES string of the molecule is CCCOc1ccc(C(O)=C2C(=O)C(=O)N(c3nccs3)C2c2cccs2)cc1. The Labute approximate surface area is 175 Å². The number of hydrogen-bond donors (Lipinski definition) is 1. The molecule has 29 heavy (non-hydrogen) atoms. The number of ketones is 1. The molecule has 1 N–H and O–H groups in total. The molecule has 148 valence electrons. The van der Waals surface area contributed by atoms with Gasteiger partial charge in [0.25, 0.3) is 5.78 Å². The molecule has 0 aliphatic carbocycles. The molecule has 1 aromatic carbocycles. The average Bonchev–Trinajstić information content (AvgIpc) is 3.48. The standard InChI is InChI=1S/C21H18N2O4S2/c1-2-10-27-14-7-5-13(6-8-14)18(24)16-17(15-4-3-11-28-15)23(20(26)19(16)25)21-22-9-12-29-21/h3-9,11-12,17,24H,2,10H2,1H3. The number of thiophene rings is 1. The quantitative estimate of drug-likeness (QED) is 0.353. The third-order valence-corrected chi connectivity index (χ3v) is 6.18. The van der Waals surface area contributed by atoms with Crippen molar-refractivity contribution in [3.63, 3.8) is 0 Å². The minimum absolute atomic E-state index is 0.0647. The molecule has 1 fully saturated rings. The third-order valence-electron chi connectivity index (χ3n) is 4.48. The fraction of sp³-hybridized carbons (Fsp3) is 0.190. The first-order chi connectivity index (χ1) is 14.1. The molecule has 0 radical (unpaired) electrons. The molecule has 1 atom stereocenters. The van der Waals surface area contributed by atoms with Crippen LogP contribution in [0.2, 0.25) is 0 Å². The molecule has 4 rings (SSSR count). The van der Waals surface area contributed by atoms with Gasteiger partial charge in [-0.2, -0.15) is 0 Å². The van der Waals surface area contributed by atoms with Gasteiger partial charge >= 0.3 is 5.91 Å². The summed E-state index contributed by atoms with van der Waals surface area (Å²) < 4.78 is 5.57. The van der Waals surface area contributed by atoms with Crippen LogP contribution >= 0.6 is 22.7 Å². The zero-order chi connectivity index (χ0) is 20.4. The number of anilines is 1. The lowest BCUT2D eigenvalue weighted by Gasteiger charge is -2.21. The second-order valence-corrected chi connectivity index (χ2v) is 8.22. The number of rotatable bonds is 6. The molecule has 1 aliphatic rings. The van der Waals surface area contributed by atoms with Crippen molar-refractivity contribution >= 4 is 45.3 Å². The summed E-state index contributed by atoms with van der Waals surface area (Å²) in [6.07, 6.45) is 2.47. The third kappa shape index (κ3) is 3.56. The number of benzene rings is 1. The van der Waals surface area contributed by atoms with Gasteiger partial charge in [0.05, 0.1) is 12.2 Å². The van der Waals surface area contributed by atoms with Gasteiger partial charge < -0.3 is 9.84 Å². The van der Waals surface area contributed by atoms with Crippen molar-refractivity contribution in [3.8, 4) is 5.75 Å². The monoisotopic (exact) mass is 426 g/mol. The molecule has 1 aliphatic heterocycles. The molecular weight excluding hydrogens is 408 g/mol. The highest BCUT2D eigenvalue weighted by atomic mass is 32.1. The van der Waals surface area contributed by atoms with Crippen LogP contribution in [-0.4, -0.2) is 28.4 Å². The van der Waals surface area contributed by atoms with Crippen LogP contribution in [0.3, 0.4) is 0 Å². The van der Waals surface area contributed by atoms with Crippen molar-refractivity contribution in [2.24, 2.45) is 0 Å². The maximum atomic E-state index is 12.9. The van der Waals surface area contributed by atoms with E-state index in [0.29, 0.717) is 23.1 Å². The molecule has 0 spiro atoms. The van der Waals surface area contributed by atoms with Gasteiger partial charge in [-0.15, -0.1) is 22.7 Å². The topological polar surface area (TPSA) is 79.7 Å². The van der Waals surface area contributed by atoms with Crippen LogP contribution in [-0.2, 0) is 9.59 Å². The smallest absolute Gasteiger partial charge is 0.301 e. The fourth-order valence-corrected chi connectivity index (χ4v) is 4.66. The normalized spacial score (nSPS) is 18.4. The van der Waals surface area contributed by atoms with Gasteiger partial charge in [0.1, 0.15) is 17.6 Å². The Bertz CT molecular complexity index is 1040. The minimum atomic E-state index is -0.720. The molecule has 1 unspecified atom stereocenters. The first kappa shape index (κ1) is 19.4. The first-order valence-electron chi connectivity index (χ1n) is 9.09. The lowest BCUT2D eigenvalue weighted by atomic mass is 10.00. The van der Waals surface area contributed by atoms with E-state index in [-0.39, 0.29) is 11.3 Å². The highest BCUT2D eigenvalue weighted by Crippen LogP contribution is 2.44. The zero-order valence-electron chi connectivity index (χ0n) is 15.6. The number of carbonyl (C=O) groups is 2. The van der Waals surface area contributed by atoms with E-state index in [1.807, 2.05) is 24.4 Å². The van der Waals surface area contributed by atoms with Crippen LogP contribution in [0.15, 0.2) is 58.9 Å². The Hall–Kier alpha value is -2.97. The molecule has 0 bridgehead atoms. The average molecular weight is 427 g/mol. The fourth-order valence-electron chi connectivity index (χ4n) is 3.17. The molecule has 6 nitrogen and oxygen atoms in total. The largest absolute Gasteiger partial charge is 0.507 e. The zero-order valence-corrected chi connectivity index (χ0v) is 17.2. The number of ether oxygens (including phenoxy) is 1. The molecule has 1 amide bonds. The summed E-state index contributed by atoms with van der Waals surface area (Å²) in [7, 11) is 0. The number of amides is 1. The number of nitrogens with zero attached hydrogens (tertiary/aromatic N) is 2. The minimum Gasteiger partial charge on any atom is -0.507 e. The van der Waals surface area contributed by atoms with Gasteiger partial charge in [-0.3, -0.25) is 14.5 Å². The van der Waals surface area contributed by atoms with Crippen LogP contribution in [0, 0.1) is 0 Å². The number of thiazole rings is 1. The van der Waals surface area contributed by atoms with E-state index >= 15 is 0 Å². The van der Waals surface area contributed by atoms with E-state index < -0.39 is 17.7 Å². The summed E-state index contributed by atoms with van der Waals surface area (Å²) >= 11 is 2.69. The van der Waals surface area contributed by atoms with Gasteiger partial charge in [0.2, 0.25) is 0 Å². The van der Waals surface area contributed by atoms with E-state index in [4.69, 9.17) is 4.74 Å². The van der Waals surface area contributed by atoms with Crippen molar-refractivity contribution in [2.75, 3.05) is 11.5 Å². The summed E-state index contributed by atoms with van der Waals surface area (Å²) in [6, 6.07) is 9.82. The van der Waals surface area contributed by atoms with Gasteiger partial charge in [0.15, 0.2) is 5.13 Å². The van der Waals surface area contributed by atoms with Gasteiger partial charge in [-0.05, 0) is 42.1 Å². The number of aliphatic hydroxyl groups excluding tert-OH is 1. The van der Waals surface area contributed by atoms with Crippen molar-refractivity contribution in [3.05, 3.63) is 69.4 Å². The number of aliphatic hydroxyl groups is 1. The summed E-state index contributed by atoms with van der Waals surface area (Å²) in [5, 5.41) is 15.0. The summed E-state index contributed by atoms with van der Waals surface area (Å²) in [4.78, 5) is 32.0. The first-order valence-corrected chi connectivity index (χ1v) is 10.8. The Kier molecular flexibility index (Phi) is 5.46. The van der Waals surface area contributed by atoms with Crippen LogP contribution in [0.1, 0.15) is 29.8 Å². The Morgan fingerprint density at radius 1 is 1.17 bits per heavy atom. The predicted molar refractivity (Wildman–Crippen MR) is 113 cm³/mol. The summed E-state index contributed by atoms with van der Waals surface area (Å²) in [6.45, 7) is 2.62. The Morgan fingerprint density at radius 2 is 1.97 bits per heavy atom. The van der Waals surface area contributed by atoms with Crippen LogP contribution in [0.25, 0.3) is 5.76 Å². The second-order valence-electron chi connectivity index (χ2n) is 6.37. The van der Waals surface area contributed by atoms with Crippen LogP contribution in [0.4, 0.5) is 5.13 Å². The second kappa shape index (κ2) is 8.18.